The number of hydrogen-bond acceptors (Lipinski definition) is 6. The van der Waals surface area contributed by atoms with E-state index >= 15 is 0 Å². The number of carbonyl (C=O) groups is 1. The van der Waals surface area contributed by atoms with Crippen LogP contribution < -0.4 is 4.87 Å². The number of hydrogen-bond donors (Lipinski definition) is 0. The standard InChI is InChI=1S/C16H20N2O4S/c1-17-13-4-3-11(7-14(13)23-16(17)20)9-18-5-6-22-12(10-18)8-15(19)21-2/h3-4,7,12H,5-6,8-10H2,1-2H3/t12-/m1/s1. The second-order valence-electron chi connectivity index (χ2n) is 5.74. The van der Waals surface area contributed by atoms with Crippen LogP contribution in [0.1, 0.15) is 12.0 Å². The first-order valence-corrected chi connectivity index (χ1v) is 8.37. The first-order chi connectivity index (χ1) is 11.1. The number of aryl methyl sites for hydroxylation is 1. The smallest absolute Gasteiger partial charge is 0.308 e. The van der Waals surface area contributed by atoms with Crippen LogP contribution in [0.5, 0.6) is 0 Å². The molecule has 23 heavy (non-hydrogen) atoms. The summed E-state index contributed by atoms with van der Waals surface area (Å²) in [6, 6.07) is 6.13. The van der Waals surface area contributed by atoms with Gasteiger partial charge in [-0.2, -0.15) is 0 Å². The molecule has 0 saturated carbocycles. The van der Waals surface area contributed by atoms with E-state index in [1.165, 1.54) is 18.4 Å². The minimum absolute atomic E-state index is 0.0571. The number of thiazole rings is 1. The van der Waals surface area contributed by atoms with Crippen LogP contribution in [0.25, 0.3) is 10.2 Å². The van der Waals surface area contributed by atoms with Crippen LogP contribution >= 0.6 is 11.3 Å². The molecule has 1 fully saturated rings. The van der Waals surface area contributed by atoms with Crippen LogP contribution in [0.15, 0.2) is 23.0 Å². The maximum atomic E-state index is 11.7. The van der Waals surface area contributed by atoms with Gasteiger partial charge in [0.1, 0.15) is 0 Å². The second-order valence-corrected chi connectivity index (χ2v) is 6.73. The molecule has 0 amide bonds. The van der Waals surface area contributed by atoms with E-state index in [4.69, 9.17) is 9.47 Å². The van der Waals surface area contributed by atoms with Crippen molar-refractivity contribution in [1.29, 1.82) is 0 Å². The summed E-state index contributed by atoms with van der Waals surface area (Å²) in [5.41, 5.74) is 2.13. The number of aromatic nitrogens is 1. The van der Waals surface area contributed by atoms with E-state index in [1.54, 1.807) is 11.6 Å². The van der Waals surface area contributed by atoms with E-state index in [0.29, 0.717) is 13.2 Å². The summed E-state index contributed by atoms with van der Waals surface area (Å²) in [7, 11) is 3.18. The van der Waals surface area contributed by atoms with E-state index in [0.717, 1.165) is 28.9 Å². The Morgan fingerprint density at radius 3 is 3.09 bits per heavy atom. The van der Waals surface area contributed by atoms with Gasteiger partial charge >= 0.3 is 10.8 Å². The number of morpholine rings is 1. The summed E-state index contributed by atoms with van der Waals surface area (Å²) in [4.78, 5) is 25.4. The Kier molecular flexibility index (Phi) is 4.79. The van der Waals surface area contributed by atoms with Gasteiger partial charge in [0.15, 0.2) is 0 Å². The molecule has 0 N–H and O–H groups in total. The van der Waals surface area contributed by atoms with Crippen molar-refractivity contribution in [1.82, 2.24) is 9.47 Å². The molecule has 0 radical (unpaired) electrons. The van der Waals surface area contributed by atoms with Crippen LogP contribution in [0, 0.1) is 0 Å². The molecule has 0 spiro atoms. The molecular weight excluding hydrogens is 316 g/mol. The maximum absolute atomic E-state index is 11.7. The topological polar surface area (TPSA) is 60.8 Å². The predicted molar refractivity (Wildman–Crippen MR) is 88.7 cm³/mol. The quantitative estimate of drug-likeness (QED) is 0.789. The number of methoxy groups -OCH3 is 1. The Hall–Kier alpha value is -1.70. The van der Waals surface area contributed by atoms with Crippen molar-refractivity contribution in [2.75, 3.05) is 26.8 Å². The first-order valence-electron chi connectivity index (χ1n) is 7.56. The highest BCUT2D eigenvalue weighted by Gasteiger charge is 2.23. The van der Waals surface area contributed by atoms with E-state index in [-0.39, 0.29) is 23.4 Å². The van der Waals surface area contributed by atoms with E-state index in [1.807, 2.05) is 6.07 Å². The molecule has 1 aromatic carbocycles. The molecule has 0 aliphatic carbocycles. The van der Waals surface area contributed by atoms with E-state index < -0.39 is 0 Å². The molecule has 1 atom stereocenters. The third-order valence-electron chi connectivity index (χ3n) is 4.11. The monoisotopic (exact) mass is 336 g/mol. The van der Waals surface area contributed by atoms with Gasteiger partial charge in [-0.25, -0.2) is 0 Å². The number of benzene rings is 1. The molecule has 2 heterocycles. The van der Waals surface area contributed by atoms with E-state index in [9.17, 15) is 9.59 Å². The van der Waals surface area contributed by atoms with Crippen LogP contribution in [-0.2, 0) is 27.9 Å². The second kappa shape index (κ2) is 6.82. The van der Waals surface area contributed by atoms with Crippen molar-refractivity contribution in [2.24, 2.45) is 7.05 Å². The molecular formula is C16H20N2O4S. The summed E-state index contributed by atoms with van der Waals surface area (Å²) in [5.74, 6) is -0.243. The number of esters is 1. The highest BCUT2D eigenvalue weighted by Crippen LogP contribution is 2.20. The summed E-state index contributed by atoms with van der Waals surface area (Å²) in [6.45, 7) is 2.94. The molecule has 1 aliphatic heterocycles. The van der Waals surface area contributed by atoms with Crippen LogP contribution in [0.3, 0.4) is 0 Å². The molecule has 0 unspecified atom stereocenters. The van der Waals surface area contributed by atoms with Gasteiger partial charge in [0.05, 0.1) is 36.5 Å². The summed E-state index contributed by atoms with van der Waals surface area (Å²) in [6.07, 6.45) is 0.166. The summed E-state index contributed by atoms with van der Waals surface area (Å²) in [5, 5.41) is 0. The predicted octanol–water partition coefficient (Wildman–Crippen LogP) is 1.36. The largest absolute Gasteiger partial charge is 0.469 e. The molecule has 6 nitrogen and oxygen atoms in total. The fourth-order valence-electron chi connectivity index (χ4n) is 2.85. The van der Waals surface area contributed by atoms with Crippen LogP contribution in [0.2, 0.25) is 0 Å². The van der Waals surface area contributed by atoms with Gasteiger partial charge in [-0.3, -0.25) is 14.5 Å². The molecule has 2 aromatic rings. The van der Waals surface area contributed by atoms with Crippen LogP contribution in [-0.4, -0.2) is 48.3 Å². The van der Waals surface area contributed by atoms with Crippen molar-refractivity contribution in [3.8, 4) is 0 Å². The average molecular weight is 336 g/mol. The number of carbonyl (C=O) groups excluding carboxylic acids is 1. The number of fused-ring (bicyclic) bond motifs is 1. The molecule has 3 rings (SSSR count). The summed E-state index contributed by atoms with van der Waals surface area (Å²) >= 11 is 1.27. The van der Waals surface area contributed by atoms with E-state index in [2.05, 4.69) is 17.0 Å². The van der Waals surface area contributed by atoms with Gasteiger partial charge in [-0.15, -0.1) is 0 Å². The Labute approximate surface area is 138 Å². The van der Waals surface area contributed by atoms with Gasteiger partial charge in [-0.05, 0) is 17.7 Å². The van der Waals surface area contributed by atoms with Gasteiger partial charge in [0.2, 0.25) is 0 Å². The molecule has 0 bridgehead atoms. The first kappa shape index (κ1) is 16.2. The fraction of sp³-hybridized carbons (Fsp3) is 0.500. The maximum Gasteiger partial charge on any atom is 0.308 e. The lowest BCUT2D eigenvalue weighted by atomic mass is 10.1. The van der Waals surface area contributed by atoms with Crippen molar-refractivity contribution < 1.29 is 14.3 Å². The summed E-state index contributed by atoms with van der Waals surface area (Å²) < 4.78 is 13.0. The Bertz CT molecular complexity index is 767. The molecule has 7 heteroatoms. The Morgan fingerprint density at radius 1 is 1.48 bits per heavy atom. The van der Waals surface area contributed by atoms with Crippen molar-refractivity contribution >= 4 is 27.5 Å². The SMILES string of the molecule is COC(=O)C[C@@H]1CN(Cc2ccc3c(c2)sc(=O)n3C)CCO1. The minimum atomic E-state index is -0.243. The third kappa shape index (κ3) is 3.63. The number of ether oxygens (including phenoxy) is 2. The lowest BCUT2D eigenvalue weighted by molar-refractivity contribution is -0.145. The lowest BCUT2D eigenvalue weighted by Gasteiger charge is -2.32. The van der Waals surface area contributed by atoms with Gasteiger partial charge in [-0.1, -0.05) is 17.4 Å². The van der Waals surface area contributed by atoms with Crippen molar-refractivity contribution in [3.05, 3.63) is 33.4 Å². The lowest BCUT2D eigenvalue weighted by Crippen LogP contribution is -2.42. The highest BCUT2D eigenvalue weighted by molar-refractivity contribution is 7.16. The molecule has 1 saturated heterocycles. The van der Waals surface area contributed by atoms with Gasteiger partial charge in [0.25, 0.3) is 0 Å². The molecule has 1 aromatic heterocycles. The van der Waals surface area contributed by atoms with Crippen LogP contribution in [0.4, 0.5) is 0 Å². The zero-order chi connectivity index (χ0) is 16.4. The fourth-order valence-corrected chi connectivity index (χ4v) is 3.79. The molecule has 1 aliphatic rings. The van der Waals surface area contributed by atoms with Gasteiger partial charge in [0, 0.05) is 26.7 Å². The zero-order valence-electron chi connectivity index (χ0n) is 13.3. The Balaban J connectivity index is 1.69. The van der Waals surface area contributed by atoms with Crippen molar-refractivity contribution in [3.63, 3.8) is 0 Å². The highest BCUT2D eigenvalue weighted by atomic mass is 32.1. The number of rotatable bonds is 4. The normalized spacial score (nSPS) is 19.1. The van der Waals surface area contributed by atoms with Gasteiger partial charge < -0.3 is 14.0 Å². The minimum Gasteiger partial charge on any atom is -0.469 e. The molecule has 124 valence electrons. The zero-order valence-corrected chi connectivity index (χ0v) is 14.1. The van der Waals surface area contributed by atoms with Crippen molar-refractivity contribution in [2.45, 2.75) is 19.1 Å². The Morgan fingerprint density at radius 2 is 2.30 bits per heavy atom. The average Bonchev–Trinajstić information content (AvgIpc) is 2.82. The third-order valence-corrected chi connectivity index (χ3v) is 5.10. The number of nitrogens with zero attached hydrogens (tertiary/aromatic N) is 2.